The minimum Gasteiger partial charge on any atom is -0.465 e. The van der Waals surface area contributed by atoms with Gasteiger partial charge in [0.15, 0.2) is 0 Å². The van der Waals surface area contributed by atoms with Gasteiger partial charge >= 0.3 is 6.09 Å². The topological polar surface area (TPSA) is 121 Å². The maximum atomic E-state index is 11.7. The number of carboxylic acid groups (broad SMARTS) is 1. The molecule has 1 saturated carbocycles. The van der Waals surface area contributed by atoms with E-state index in [2.05, 4.69) is 15.3 Å². The molecule has 8 heteroatoms. The van der Waals surface area contributed by atoms with Crippen LogP contribution in [0.1, 0.15) is 12.0 Å². The standard InChI is InChI=1S/C15H19N5O3/c16-14-18-5-9(6-19-14)1-2-13(21)17-4-3-10-11-7-20(15(22)23)8-12(10)11/h1-2,5-6,10-12H,3-4,7-8H2,(H,17,21)(H,22,23)(H2,16,18,19)/b2-1+. The molecule has 1 saturated heterocycles. The number of amides is 2. The third kappa shape index (κ3) is 3.58. The number of hydrogen-bond donors (Lipinski definition) is 3. The third-order valence-corrected chi connectivity index (χ3v) is 4.54. The summed E-state index contributed by atoms with van der Waals surface area (Å²) in [5.74, 6) is 1.53. The maximum Gasteiger partial charge on any atom is 0.407 e. The van der Waals surface area contributed by atoms with Crippen LogP contribution in [-0.4, -0.2) is 51.6 Å². The van der Waals surface area contributed by atoms with E-state index in [4.69, 9.17) is 10.8 Å². The van der Waals surface area contributed by atoms with Crippen molar-refractivity contribution < 1.29 is 14.7 Å². The van der Waals surface area contributed by atoms with Gasteiger partial charge < -0.3 is 21.1 Å². The van der Waals surface area contributed by atoms with Crippen LogP contribution in [0.2, 0.25) is 0 Å². The Kier molecular flexibility index (Phi) is 4.14. The number of nitrogens with two attached hydrogens (primary N) is 1. The highest BCUT2D eigenvalue weighted by molar-refractivity contribution is 5.91. The summed E-state index contributed by atoms with van der Waals surface area (Å²) in [7, 11) is 0. The van der Waals surface area contributed by atoms with Gasteiger partial charge in [0.25, 0.3) is 0 Å². The molecule has 0 bridgehead atoms. The van der Waals surface area contributed by atoms with Gasteiger partial charge in [0.05, 0.1) is 0 Å². The summed E-state index contributed by atoms with van der Waals surface area (Å²) in [5.41, 5.74) is 6.09. The predicted molar refractivity (Wildman–Crippen MR) is 83.2 cm³/mol. The number of rotatable bonds is 5. The number of nitrogen functional groups attached to an aromatic ring is 1. The number of piperidine rings is 1. The number of carbonyl (C=O) groups excluding carboxylic acids is 1. The number of aromatic nitrogens is 2. The quantitative estimate of drug-likeness (QED) is 0.677. The number of hydrogen-bond acceptors (Lipinski definition) is 5. The summed E-state index contributed by atoms with van der Waals surface area (Å²) < 4.78 is 0. The van der Waals surface area contributed by atoms with Gasteiger partial charge in [-0.1, -0.05) is 0 Å². The smallest absolute Gasteiger partial charge is 0.407 e. The van der Waals surface area contributed by atoms with Crippen LogP contribution in [0.5, 0.6) is 0 Å². The first-order chi connectivity index (χ1) is 11.0. The van der Waals surface area contributed by atoms with Crippen LogP contribution >= 0.6 is 0 Å². The van der Waals surface area contributed by atoms with Crippen molar-refractivity contribution in [1.82, 2.24) is 20.2 Å². The van der Waals surface area contributed by atoms with E-state index < -0.39 is 6.09 Å². The average Bonchev–Trinajstić information content (AvgIpc) is 2.97. The lowest BCUT2D eigenvalue weighted by molar-refractivity contribution is -0.116. The minimum atomic E-state index is -0.832. The fourth-order valence-corrected chi connectivity index (χ4v) is 3.26. The molecule has 1 aliphatic heterocycles. The molecule has 3 rings (SSSR count). The van der Waals surface area contributed by atoms with Gasteiger partial charge in [0.2, 0.25) is 11.9 Å². The Morgan fingerprint density at radius 3 is 2.61 bits per heavy atom. The Labute approximate surface area is 133 Å². The van der Waals surface area contributed by atoms with E-state index >= 15 is 0 Å². The molecular weight excluding hydrogens is 298 g/mol. The van der Waals surface area contributed by atoms with Gasteiger partial charge in [-0.25, -0.2) is 14.8 Å². The Bertz CT molecular complexity index is 619. The van der Waals surface area contributed by atoms with Gasteiger partial charge in [-0.15, -0.1) is 0 Å². The van der Waals surface area contributed by atoms with Gasteiger partial charge in [0.1, 0.15) is 0 Å². The van der Waals surface area contributed by atoms with Crippen molar-refractivity contribution >= 4 is 24.0 Å². The third-order valence-electron chi connectivity index (χ3n) is 4.54. The molecule has 1 aromatic rings. The van der Waals surface area contributed by atoms with E-state index in [1.54, 1.807) is 18.5 Å². The van der Waals surface area contributed by atoms with Crippen LogP contribution in [0, 0.1) is 17.8 Å². The fourth-order valence-electron chi connectivity index (χ4n) is 3.26. The second kappa shape index (κ2) is 6.23. The average molecular weight is 317 g/mol. The van der Waals surface area contributed by atoms with Gasteiger partial charge in [0, 0.05) is 43.7 Å². The molecule has 2 atom stereocenters. The molecule has 2 unspecified atom stereocenters. The molecule has 1 aliphatic carbocycles. The van der Waals surface area contributed by atoms with Crippen molar-refractivity contribution in [3.63, 3.8) is 0 Å². The molecule has 0 spiro atoms. The lowest BCUT2D eigenvalue weighted by atomic mass is 10.2. The van der Waals surface area contributed by atoms with Crippen LogP contribution in [-0.2, 0) is 4.79 Å². The molecule has 2 amide bonds. The van der Waals surface area contributed by atoms with Crippen LogP contribution in [0.4, 0.5) is 10.7 Å². The van der Waals surface area contributed by atoms with E-state index in [0.29, 0.717) is 43.0 Å². The molecule has 0 radical (unpaired) electrons. The predicted octanol–water partition coefficient (Wildman–Crippen LogP) is 0.434. The number of anilines is 1. The molecule has 23 heavy (non-hydrogen) atoms. The highest BCUT2D eigenvalue weighted by atomic mass is 16.4. The first-order valence-electron chi connectivity index (χ1n) is 7.56. The number of likely N-dealkylation sites (tertiary alicyclic amines) is 1. The summed E-state index contributed by atoms with van der Waals surface area (Å²) in [6.45, 7) is 1.87. The summed E-state index contributed by atoms with van der Waals surface area (Å²) in [5, 5.41) is 11.7. The molecule has 2 fully saturated rings. The fraction of sp³-hybridized carbons (Fsp3) is 0.467. The highest BCUT2D eigenvalue weighted by Crippen LogP contribution is 2.53. The zero-order chi connectivity index (χ0) is 16.4. The van der Waals surface area contributed by atoms with Crippen LogP contribution in [0.15, 0.2) is 18.5 Å². The van der Waals surface area contributed by atoms with E-state index in [-0.39, 0.29) is 11.9 Å². The van der Waals surface area contributed by atoms with Crippen molar-refractivity contribution in [3.8, 4) is 0 Å². The molecule has 1 aromatic heterocycles. The molecular formula is C15H19N5O3. The summed E-state index contributed by atoms with van der Waals surface area (Å²) in [6.07, 6.45) is 6.23. The first kappa shape index (κ1) is 15.3. The summed E-state index contributed by atoms with van der Waals surface area (Å²) in [4.78, 5) is 31.7. The summed E-state index contributed by atoms with van der Waals surface area (Å²) in [6, 6.07) is 0. The van der Waals surface area contributed by atoms with E-state index in [9.17, 15) is 9.59 Å². The molecule has 0 aromatic carbocycles. The summed E-state index contributed by atoms with van der Waals surface area (Å²) >= 11 is 0. The first-order valence-corrected chi connectivity index (χ1v) is 7.56. The Morgan fingerprint density at radius 1 is 1.35 bits per heavy atom. The van der Waals surface area contributed by atoms with Crippen molar-refractivity contribution in [3.05, 3.63) is 24.0 Å². The Hall–Kier alpha value is -2.64. The van der Waals surface area contributed by atoms with Crippen LogP contribution < -0.4 is 11.1 Å². The molecule has 4 N–H and O–H groups in total. The number of fused-ring (bicyclic) bond motifs is 1. The van der Waals surface area contributed by atoms with Gasteiger partial charge in [-0.3, -0.25) is 4.79 Å². The number of carbonyl (C=O) groups is 2. The van der Waals surface area contributed by atoms with Gasteiger partial charge in [-0.2, -0.15) is 0 Å². The Morgan fingerprint density at radius 2 is 2.00 bits per heavy atom. The molecule has 122 valence electrons. The zero-order valence-corrected chi connectivity index (χ0v) is 12.6. The molecule has 2 heterocycles. The van der Waals surface area contributed by atoms with Crippen LogP contribution in [0.25, 0.3) is 6.08 Å². The van der Waals surface area contributed by atoms with Crippen molar-refractivity contribution in [2.24, 2.45) is 17.8 Å². The SMILES string of the molecule is Nc1ncc(/C=C/C(=O)NCCC2C3CN(C(=O)O)CC23)cn1. The zero-order valence-electron chi connectivity index (χ0n) is 12.6. The normalized spacial score (nSPS) is 25.4. The largest absolute Gasteiger partial charge is 0.465 e. The lowest BCUT2D eigenvalue weighted by Crippen LogP contribution is -2.30. The number of nitrogens with zero attached hydrogens (tertiary/aromatic N) is 3. The van der Waals surface area contributed by atoms with Crippen molar-refractivity contribution in [2.45, 2.75) is 6.42 Å². The molecule has 8 nitrogen and oxygen atoms in total. The highest BCUT2D eigenvalue weighted by Gasteiger charge is 2.55. The van der Waals surface area contributed by atoms with E-state index in [1.165, 1.54) is 11.0 Å². The molecule has 2 aliphatic rings. The van der Waals surface area contributed by atoms with Crippen molar-refractivity contribution in [1.29, 1.82) is 0 Å². The second-order valence-corrected chi connectivity index (χ2v) is 5.97. The monoisotopic (exact) mass is 317 g/mol. The van der Waals surface area contributed by atoms with Gasteiger partial charge in [-0.05, 0) is 30.3 Å². The second-order valence-electron chi connectivity index (χ2n) is 5.97. The maximum absolute atomic E-state index is 11.7. The van der Waals surface area contributed by atoms with E-state index in [0.717, 1.165) is 6.42 Å². The minimum absolute atomic E-state index is 0.167. The lowest BCUT2D eigenvalue weighted by Gasteiger charge is -2.15. The number of nitrogens with one attached hydrogen (secondary N) is 1. The van der Waals surface area contributed by atoms with E-state index in [1.807, 2.05) is 0 Å². The Balaban J connectivity index is 1.35. The van der Waals surface area contributed by atoms with Crippen molar-refractivity contribution in [2.75, 3.05) is 25.4 Å². The van der Waals surface area contributed by atoms with Crippen LogP contribution in [0.3, 0.4) is 0 Å².